The number of H-pyrrole nitrogens is 1. The normalized spacial score (nSPS) is 16.0. The van der Waals surface area contributed by atoms with Crippen LogP contribution in [0, 0.1) is 0 Å². The van der Waals surface area contributed by atoms with Gasteiger partial charge in [0.1, 0.15) is 6.54 Å². The van der Waals surface area contributed by atoms with Crippen LogP contribution in [0.4, 0.5) is 0 Å². The summed E-state index contributed by atoms with van der Waals surface area (Å²) in [6.07, 6.45) is 3.94. The van der Waals surface area contributed by atoms with Crippen molar-refractivity contribution in [1.29, 1.82) is 0 Å². The van der Waals surface area contributed by atoms with E-state index in [1.54, 1.807) is 0 Å². The monoisotopic (exact) mass is 279 g/mol. The molecule has 5 heteroatoms. The number of halogens is 1. The van der Waals surface area contributed by atoms with Crippen molar-refractivity contribution < 1.29 is 21.9 Å². The first-order chi connectivity index (χ1) is 8.92. The van der Waals surface area contributed by atoms with Gasteiger partial charge in [0.15, 0.2) is 5.16 Å². The summed E-state index contributed by atoms with van der Waals surface area (Å²) in [6, 6.07) is 10.1. The van der Waals surface area contributed by atoms with Gasteiger partial charge in [0.25, 0.3) is 0 Å². The summed E-state index contributed by atoms with van der Waals surface area (Å²) < 4.78 is 5.37. The molecule has 1 aliphatic rings. The van der Waals surface area contributed by atoms with Gasteiger partial charge in [-0.05, 0) is 38.1 Å². The maximum absolute atomic E-state index is 5.37. The Bertz CT molecular complexity index is 494. The maximum atomic E-state index is 5.37. The summed E-state index contributed by atoms with van der Waals surface area (Å²) in [7, 11) is 0. The number of piperidine rings is 1. The Morgan fingerprint density at radius 2 is 1.84 bits per heavy atom. The van der Waals surface area contributed by atoms with E-state index in [4.69, 9.17) is 4.52 Å². The number of hydrogen-bond acceptors (Lipinski definition) is 3. The van der Waals surface area contributed by atoms with Crippen molar-refractivity contribution in [2.75, 3.05) is 13.1 Å². The van der Waals surface area contributed by atoms with Gasteiger partial charge in [-0.15, -0.1) is 0 Å². The molecule has 1 aromatic carbocycles. The Labute approximate surface area is 119 Å². The number of likely N-dealkylation sites (tertiary alicyclic amines) is 1. The average Bonchev–Trinajstić information content (AvgIpc) is 2.89. The number of aromatic amines is 1. The van der Waals surface area contributed by atoms with Crippen LogP contribution in [0.15, 0.2) is 34.9 Å². The summed E-state index contributed by atoms with van der Waals surface area (Å²) in [6.45, 7) is 3.16. The lowest BCUT2D eigenvalue weighted by molar-refractivity contribution is -0.388. The van der Waals surface area contributed by atoms with Gasteiger partial charge in [0.2, 0.25) is 0 Å². The Hall–Kier alpha value is -1.39. The highest BCUT2D eigenvalue weighted by atomic mass is 35.5. The van der Waals surface area contributed by atoms with Crippen LogP contribution in [0.5, 0.6) is 0 Å². The summed E-state index contributed by atoms with van der Waals surface area (Å²) in [5, 5.41) is 4.09. The lowest BCUT2D eigenvalue weighted by Crippen LogP contribution is -3.00. The van der Waals surface area contributed by atoms with E-state index in [0.29, 0.717) is 0 Å². The number of nitrogens with one attached hydrogen (secondary N) is 1. The minimum Gasteiger partial charge on any atom is -1.00 e. The average molecular weight is 280 g/mol. The van der Waals surface area contributed by atoms with E-state index in [2.05, 4.69) is 15.0 Å². The second-order valence-electron chi connectivity index (χ2n) is 4.78. The quantitative estimate of drug-likeness (QED) is 0.735. The summed E-state index contributed by atoms with van der Waals surface area (Å²) in [5.74, 6) is 1.65. The molecular formula is C14H18ClN3O. The maximum Gasteiger partial charge on any atom is 0.378 e. The molecule has 1 saturated heterocycles. The van der Waals surface area contributed by atoms with Crippen LogP contribution in [0.3, 0.4) is 0 Å². The number of aromatic nitrogens is 2. The zero-order valence-electron chi connectivity index (χ0n) is 10.8. The summed E-state index contributed by atoms with van der Waals surface area (Å²) >= 11 is 0. The summed E-state index contributed by atoms with van der Waals surface area (Å²) in [4.78, 5) is 5.67. The first-order valence-corrected chi connectivity index (χ1v) is 6.57. The number of benzene rings is 1. The largest absolute Gasteiger partial charge is 1.00 e. The molecule has 0 spiro atoms. The topological polar surface area (TPSA) is 43.4 Å². The predicted octanol–water partition coefficient (Wildman–Crippen LogP) is -0.854. The van der Waals surface area contributed by atoms with Gasteiger partial charge in [-0.25, -0.2) is 9.51 Å². The van der Waals surface area contributed by atoms with Crippen LogP contribution in [-0.2, 0) is 6.54 Å². The molecule has 2 aromatic rings. The molecule has 19 heavy (non-hydrogen) atoms. The third-order valence-electron chi connectivity index (χ3n) is 3.37. The Morgan fingerprint density at radius 3 is 2.58 bits per heavy atom. The van der Waals surface area contributed by atoms with Crippen molar-refractivity contribution in [3.8, 4) is 11.4 Å². The van der Waals surface area contributed by atoms with Gasteiger partial charge in [-0.3, -0.25) is 4.90 Å². The lowest BCUT2D eigenvalue weighted by atomic mass is 10.1. The van der Waals surface area contributed by atoms with Crippen LogP contribution < -0.4 is 17.4 Å². The van der Waals surface area contributed by atoms with Crippen molar-refractivity contribution in [1.82, 2.24) is 10.1 Å². The molecule has 1 N–H and O–H groups in total. The van der Waals surface area contributed by atoms with E-state index >= 15 is 0 Å². The molecule has 3 rings (SSSR count). The Balaban J connectivity index is 0.00000133. The van der Waals surface area contributed by atoms with E-state index in [1.165, 1.54) is 19.3 Å². The van der Waals surface area contributed by atoms with Gasteiger partial charge >= 0.3 is 11.7 Å². The van der Waals surface area contributed by atoms with Gasteiger partial charge < -0.3 is 12.4 Å². The minimum absolute atomic E-state index is 0. The second-order valence-corrected chi connectivity index (χ2v) is 4.78. The molecule has 0 amide bonds. The fourth-order valence-corrected chi connectivity index (χ4v) is 2.39. The fraction of sp³-hybridized carbons (Fsp3) is 0.429. The van der Waals surface area contributed by atoms with Crippen LogP contribution in [0.1, 0.15) is 25.2 Å². The van der Waals surface area contributed by atoms with Crippen molar-refractivity contribution in [3.05, 3.63) is 36.2 Å². The van der Waals surface area contributed by atoms with Gasteiger partial charge in [0, 0.05) is 0 Å². The molecular weight excluding hydrogens is 262 g/mol. The molecule has 0 saturated carbocycles. The van der Waals surface area contributed by atoms with E-state index in [1.807, 2.05) is 30.3 Å². The van der Waals surface area contributed by atoms with Crippen LogP contribution in [0.2, 0.25) is 0 Å². The van der Waals surface area contributed by atoms with Crippen molar-refractivity contribution >= 4 is 0 Å². The van der Waals surface area contributed by atoms with Crippen LogP contribution in [-0.4, -0.2) is 23.1 Å². The van der Waals surface area contributed by atoms with Gasteiger partial charge in [-0.2, -0.15) is 0 Å². The molecule has 0 atom stereocenters. The molecule has 0 unspecified atom stereocenters. The third kappa shape index (κ3) is 3.55. The lowest BCUT2D eigenvalue weighted by Gasteiger charge is -2.23. The second kappa shape index (κ2) is 6.68. The highest BCUT2D eigenvalue weighted by Crippen LogP contribution is 2.14. The molecule has 0 bridgehead atoms. The molecule has 1 aliphatic heterocycles. The van der Waals surface area contributed by atoms with Crippen LogP contribution in [0.25, 0.3) is 11.4 Å². The highest BCUT2D eigenvalue weighted by molar-refractivity contribution is 5.50. The van der Waals surface area contributed by atoms with E-state index in [-0.39, 0.29) is 12.4 Å². The van der Waals surface area contributed by atoms with Crippen molar-refractivity contribution in [3.63, 3.8) is 0 Å². The van der Waals surface area contributed by atoms with Gasteiger partial charge in [-0.1, -0.05) is 24.6 Å². The smallest absolute Gasteiger partial charge is 0.378 e. The molecule has 1 fully saturated rings. The zero-order valence-corrected chi connectivity index (χ0v) is 11.6. The Morgan fingerprint density at radius 1 is 1.11 bits per heavy atom. The van der Waals surface area contributed by atoms with Crippen LogP contribution >= 0.6 is 0 Å². The van der Waals surface area contributed by atoms with Gasteiger partial charge in [0.05, 0.1) is 5.56 Å². The molecule has 102 valence electrons. The third-order valence-corrected chi connectivity index (χ3v) is 3.37. The zero-order chi connectivity index (χ0) is 12.2. The molecule has 1 aromatic heterocycles. The molecule has 4 nitrogen and oxygen atoms in total. The number of hydrogen-bond donors (Lipinski definition) is 0. The fourth-order valence-electron chi connectivity index (χ4n) is 2.39. The Kier molecular flexibility index (Phi) is 4.93. The van der Waals surface area contributed by atoms with E-state index < -0.39 is 0 Å². The number of rotatable bonds is 3. The standard InChI is InChI=1S/C14H17N3O.ClH/c1-3-7-12(8-4-1)14-15-13(18-16-14)11-17-9-5-2-6-10-17;/h1,3-4,7-8H,2,5-6,9-11H2;1H. The highest BCUT2D eigenvalue weighted by Gasteiger charge is 2.20. The first-order valence-electron chi connectivity index (χ1n) is 6.57. The SMILES string of the molecule is [Cl-].c1ccc(-c2noc(CN3CCCCC3)[nH+]2)cc1. The van der Waals surface area contributed by atoms with Crippen molar-refractivity contribution in [2.24, 2.45) is 0 Å². The molecule has 0 radical (unpaired) electrons. The van der Waals surface area contributed by atoms with E-state index in [0.717, 1.165) is 36.9 Å². The summed E-state index contributed by atoms with van der Waals surface area (Å²) in [5.41, 5.74) is 1.06. The predicted molar refractivity (Wildman–Crippen MR) is 67.6 cm³/mol. The molecule has 0 aliphatic carbocycles. The first kappa shape index (κ1) is 14.0. The number of nitrogens with zero attached hydrogens (tertiary/aromatic N) is 2. The van der Waals surface area contributed by atoms with E-state index in [9.17, 15) is 0 Å². The van der Waals surface area contributed by atoms with Crippen molar-refractivity contribution in [2.45, 2.75) is 25.8 Å². The molecule has 2 heterocycles. The minimum atomic E-state index is 0.